The van der Waals surface area contributed by atoms with Gasteiger partial charge < -0.3 is 14.7 Å². The molecular formula is C25H25FN2O3. The standard InChI is InChI=1S/C25H25FN2O3/c1-25(15-20-4-2-3-5-22(20)26)16-21-14-19(6-7-23(21)31-25)24(30)28(12-13-29)17-18-8-10-27-11-9-18/h2-11,14,29H,12-13,15-17H2,1H3/t25-/m1/s1. The van der Waals surface area contributed by atoms with E-state index in [0.29, 0.717) is 30.5 Å². The Labute approximate surface area is 181 Å². The number of carbonyl (C=O) groups is 1. The van der Waals surface area contributed by atoms with Crippen molar-refractivity contribution in [3.63, 3.8) is 0 Å². The van der Waals surface area contributed by atoms with Crippen molar-refractivity contribution in [3.8, 4) is 5.75 Å². The summed E-state index contributed by atoms with van der Waals surface area (Å²) in [5.74, 6) is 0.324. The van der Waals surface area contributed by atoms with Gasteiger partial charge in [0.2, 0.25) is 0 Å². The number of carbonyl (C=O) groups excluding carboxylic acids is 1. The summed E-state index contributed by atoms with van der Waals surface area (Å²) in [7, 11) is 0. The topological polar surface area (TPSA) is 62.7 Å². The van der Waals surface area contributed by atoms with Crippen LogP contribution >= 0.6 is 0 Å². The van der Waals surface area contributed by atoms with E-state index in [0.717, 1.165) is 16.9 Å². The monoisotopic (exact) mass is 420 g/mol. The lowest BCUT2D eigenvalue weighted by molar-refractivity contribution is 0.0707. The van der Waals surface area contributed by atoms with Gasteiger partial charge in [0.25, 0.3) is 5.91 Å². The molecule has 1 atom stereocenters. The fourth-order valence-corrected chi connectivity index (χ4v) is 4.06. The van der Waals surface area contributed by atoms with Crippen LogP contribution in [0.4, 0.5) is 4.39 Å². The average molecular weight is 420 g/mol. The SMILES string of the molecule is C[C@@]1(Cc2ccccc2F)Cc2cc(C(=O)N(CCO)Cc3ccncc3)ccc2O1. The highest BCUT2D eigenvalue weighted by Gasteiger charge is 2.36. The molecule has 0 radical (unpaired) electrons. The number of nitrogens with zero attached hydrogens (tertiary/aromatic N) is 2. The predicted molar refractivity (Wildman–Crippen MR) is 115 cm³/mol. The molecule has 1 aliphatic rings. The number of aliphatic hydroxyl groups excluding tert-OH is 1. The molecule has 5 nitrogen and oxygen atoms in total. The molecule has 0 aliphatic carbocycles. The highest BCUT2D eigenvalue weighted by atomic mass is 19.1. The van der Waals surface area contributed by atoms with Crippen LogP contribution in [0.3, 0.4) is 0 Å². The van der Waals surface area contributed by atoms with E-state index in [1.54, 1.807) is 41.6 Å². The second kappa shape index (κ2) is 8.86. The summed E-state index contributed by atoms with van der Waals surface area (Å²) in [6, 6.07) is 15.8. The molecule has 1 aromatic heterocycles. The van der Waals surface area contributed by atoms with Crippen molar-refractivity contribution in [2.24, 2.45) is 0 Å². The van der Waals surface area contributed by atoms with Crippen LogP contribution in [0.5, 0.6) is 5.75 Å². The Kier molecular flexibility index (Phi) is 6.00. The number of fused-ring (bicyclic) bond motifs is 1. The van der Waals surface area contributed by atoms with Crippen molar-refractivity contribution < 1.29 is 19.0 Å². The zero-order valence-electron chi connectivity index (χ0n) is 17.4. The number of benzene rings is 2. The van der Waals surface area contributed by atoms with Crippen LogP contribution in [0, 0.1) is 5.82 Å². The maximum Gasteiger partial charge on any atom is 0.254 e. The fourth-order valence-electron chi connectivity index (χ4n) is 4.06. The number of halogens is 1. The first-order valence-corrected chi connectivity index (χ1v) is 10.3. The number of ether oxygens (including phenoxy) is 1. The molecule has 2 heterocycles. The van der Waals surface area contributed by atoms with E-state index in [2.05, 4.69) is 4.98 Å². The number of hydrogen-bond donors (Lipinski definition) is 1. The van der Waals surface area contributed by atoms with E-state index in [1.807, 2.05) is 31.2 Å². The number of amides is 1. The first kappa shape index (κ1) is 21.0. The molecule has 1 aliphatic heterocycles. The third-order valence-electron chi connectivity index (χ3n) is 5.53. The minimum absolute atomic E-state index is 0.119. The van der Waals surface area contributed by atoms with Crippen LogP contribution in [0.25, 0.3) is 0 Å². The Morgan fingerprint density at radius 1 is 1.19 bits per heavy atom. The van der Waals surface area contributed by atoms with Crippen molar-refractivity contribution in [1.82, 2.24) is 9.88 Å². The van der Waals surface area contributed by atoms with E-state index in [4.69, 9.17) is 4.74 Å². The zero-order chi connectivity index (χ0) is 21.8. The Hall–Kier alpha value is -3.25. The lowest BCUT2D eigenvalue weighted by Crippen LogP contribution is -2.33. The lowest BCUT2D eigenvalue weighted by Gasteiger charge is -2.24. The Morgan fingerprint density at radius 3 is 2.71 bits per heavy atom. The van der Waals surface area contributed by atoms with Crippen LogP contribution in [0.1, 0.15) is 34.0 Å². The molecule has 160 valence electrons. The van der Waals surface area contributed by atoms with Gasteiger partial charge in [0.1, 0.15) is 17.2 Å². The summed E-state index contributed by atoms with van der Waals surface area (Å²) in [4.78, 5) is 18.8. The molecule has 3 aromatic rings. The van der Waals surface area contributed by atoms with Crippen molar-refractivity contribution in [2.75, 3.05) is 13.2 Å². The summed E-state index contributed by atoms with van der Waals surface area (Å²) in [5, 5.41) is 9.44. The molecular weight excluding hydrogens is 395 g/mol. The Bertz CT molecular complexity index is 1070. The molecule has 0 saturated carbocycles. The Morgan fingerprint density at radius 2 is 1.97 bits per heavy atom. The molecule has 31 heavy (non-hydrogen) atoms. The third-order valence-corrected chi connectivity index (χ3v) is 5.53. The molecule has 0 spiro atoms. The van der Waals surface area contributed by atoms with Gasteiger partial charge in [-0.2, -0.15) is 0 Å². The van der Waals surface area contributed by atoms with Crippen LogP contribution in [0.2, 0.25) is 0 Å². The minimum atomic E-state index is -0.575. The van der Waals surface area contributed by atoms with Crippen LogP contribution in [0.15, 0.2) is 67.0 Å². The van der Waals surface area contributed by atoms with Gasteiger partial charge in [-0.1, -0.05) is 18.2 Å². The van der Waals surface area contributed by atoms with Gasteiger partial charge in [0.05, 0.1) is 6.61 Å². The summed E-state index contributed by atoms with van der Waals surface area (Å²) in [6.07, 6.45) is 4.39. The predicted octanol–water partition coefficient (Wildman–Crippen LogP) is 3.79. The molecule has 2 aromatic carbocycles. The molecule has 0 fully saturated rings. The van der Waals surface area contributed by atoms with Crippen LogP contribution in [-0.2, 0) is 19.4 Å². The molecule has 0 saturated heterocycles. The second-order valence-electron chi connectivity index (χ2n) is 8.13. The van der Waals surface area contributed by atoms with Gasteiger partial charge >= 0.3 is 0 Å². The molecule has 6 heteroatoms. The average Bonchev–Trinajstić information content (AvgIpc) is 3.10. The van der Waals surface area contributed by atoms with Gasteiger partial charge in [-0.05, 0) is 60.0 Å². The second-order valence-corrected chi connectivity index (χ2v) is 8.13. The maximum atomic E-state index is 14.1. The van der Waals surface area contributed by atoms with Gasteiger partial charge in [-0.15, -0.1) is 0 Å². The van der Waals surface area contributed by atoms with Gasteiger partial charge in [0, 0.05) is 43.9 Å². The third kappa shape index (κ3) is 4.75. The summed E-state index contributed by atoms with van der Waals surface area (Å²) < 4.78 is 20.3. The highest BCUT2D eigenvalue weighted by molar-refractivity contribution is 5.94. The van der Waals surface area contributed by atoms with Gasteiger partial charge in [0.15, 0.2) is 0 Å². The van der Waals surface area contributed by atoms with Gasteiger partial charge in [-0.3, -0.25) is 9.78 Å². The van der Waals surface area contributed by atoms with E-state index in [-0.39, 0.29) is 24.9 Å². The number of aliphatic hydroxyl groups is 1. The van der Waals surface area contributed by atoms with E-state index in [9.17, 15) is 14.3 Å². The van der Waals surface area contributed by atoms with E-state index >= 15 is 0 Å². The highest BCUT2D eigenvalue weighted by Crippen LogP contribution is 2.38. The lowest BCUT2D eigenvalue weighted by atomic mass is 9.91. The maximum absolute atomic E-state index is 14.1. The van der Waals surface area contributed by atoms with Crippen LogP contribution in [-0.4, -0.2) is 39.7 Å². The number of pyridine rings is 1. The summed E-state index contributed by atoms with van der Waals surface area (Å²) in [5.41, 5.74) is 2.45. The first-order valence-electron chi connectivity index (χ1n) is 10.3. The minimum Gasteiger partial charge on any atom is -0.487 e. The molecule has 1 amide bonds. The first-order chi connectivity index (χ1) is 15.0. The number of hydrogen-bond acceptors (Lipinski definition) is 4. The summed E-state index contributed by atoms with van der Waals surface area (Å²) >= 11 is 0. The van der Waals surface area contributed by atoms with Gasteiger partial charge in [-0.25, -0.2) is 4.39 Å². The largest absolute Gasteiger partial charge is 0.487 e. The van der Waals surface area contributed by atoms with E-state index in [1.165, 1.54) is 6.07 Å². The number of aromatic nitrogens is 1. The quantitative estimate of drug-likeness (QED) is 0.632. The molecule has 4 rings (SSSR count). The van der Waals surface area contributed by atoms with Crippen molar-refractivity contribution >= 4 is 5.91 Å². The smallest absolute Gasteiger partial charge is 0.254 e. The van der Waals surface area contributed by atoms with Crippen molar-refractivity contribution in [3.05, 3.63) is 95.1 Å². The normalized spacial score (nSPS) is 17.1. The summed E-state index contributed by atoms with van der Waals surface area (Å²) in [6.45, 7) is 2.47. The molecule has 0 bridgehead atoms. The fraction of sp³-hybridized carbons (Fsp3) is 0.280. The molecule has 1 N–H and O–H groups in total. The Balaban J connectivity index is 1.52. The number of rotatable bonds is 7. The molecule has 0 unspecified atom stereocenters. The van der Waals surface area contributed by atoms with Crippen molar-refractivity contribution in [2.45, 2.75) is 31.9 Å². The van der Waals surface area contributed by atoms with Crippen LogP contribution < -0.4 is 4.74 Å². The van der Waals surface area contributed by atoms with Crippen molar-refractivity contribution in [1.29, 1.82) is 0 Å². The zero-order valence-corrected chi connectivity index (χ0v) is 17.4. The van der Waals surface area contributed by atoms with E-state index < -0.39 is 5.60 Å².